The second-order valence-corrected chi connectivity index (χ2v) is 7.48. The molecule has 3 aromatic rings. The molecule has 0 radical (unpaired) electrons. The van der Waals surface area contributed by atoms with Gasteiger partial charge in [0.15, 0.2) is 0 Å². The number of hydrogen-bond donors (Lipinski definition) is 2. The molecule has 154 valence electrons. The number of halogens is 2. The van der Waals surface area contributed by atoms with Crippen molar-refractivity contribution in [3.05, 3.63) is 95.6 Å². The van der Waals surface area contributed by atoms with Crippen molar-refractivity contribution < 1.29 is 23.8 Å². The average molecular weight is 409 g/mol. The van der Waals surface area contributed by atoms with E-state index >= 15 is 0 Å². The lowest BCUT2D eigenvalue weighted by molar-refractivity contribution is -0.147. The fourth-order valence-corrected chi connectivity index (χ4v) is 4.20. The molecule has 0 bridgehead atoms. The van der Waals surface area contributed by atoms with Gasteiger partial charge in [-0.25, -0.2) is 8.78 Å². The monoisotopic (exact) mass is 409 g/mol. The van der Waals surface area contributed by atoms with Gasteiger partial charge in [0.1, 0.15) is 23.0 Å². The molecule has 0 saturated carbocycles. The molecule has 1 heterocycles. The number of aromatic hydroxyl groups is 1. The topological polar surface area (TPSA) is 60.8 Å². The summed E-state index contributed by atoms with van der Waals surface area (Å²) in [6, 6.07) is 16.9. The molecule has 30 heavy (non-hydrogen) atoms. The van der Waals surface area contributed by atoms with Crippen LogP contribution in [0.15, 0.2) is 72.8 Å². The van der Waals surface area contributed by atoms with Gasteiger partial charge < -0.3 is 15.1 Å². The lowest BCUT2D eigenvalue weighted by Crippen LogP contribution is -2.62. The third kappa shape index (κ3) is 3.23. The van der Waals surface area contributed by atoms with E-state index in [0.29, 0.717) is 11.3 Å². The number of phenolic OH excluding ortho intramolecular Hbond substituents is 1. The highest BCUT2D eigenvalue weighted by atomic mass is 19.1. The van der Waals surface area contributed by atoms with Crippen molar-refractivity contribution in [3.63, 3.8) is 0 Å². The molecule has 3 atom stereocenters. The quantitative estimate of drug-likeness (QED) is 0.602. The smallest absolute Gasteiger partial charge is 0.236 e. The van der Waals surface area contributed by atoms with Gasteiger partial charge in [-0.1, -0.05) is 31.2 Å². The molecule has 0 spiro atoms. The number of rotatable bonds is 5. The Balaban J connectivity index is 1.81. The standard InChI is InChI=1S/C24H21F2NO3/c1-2-24(30,16-5-7-17(25)8-6-16)21-22(15-3-13-20(28)14-4-15)27(23(21)29)19-11-9-18(26)10-12-19/h3-14,21-22,28,30H,2H2,1H3/t21-,22+,24+/m0/s1. The lowest BCUT2D eigenvalue weighted by atomic mass is 9.67. The predicted octanol–water partition coefficient (Wildman–Crippen LogP) is 4.67. The van der Waals surface area contributed by atoms with E-state index in [0.717, 1.165) is 5.56 Å². The van der Waals surface area contributed by atoms with Crippen molar-refractivity contribution >= 4 is 11.6 Å². The van der Waals surface area contributed by atoms with Gasteiger partial charge in [-0.3, -0.25) is 4.79 Å². The first kappa shape index (κ1) is 20.0. The zero-order chi connectivity index (χ0) is 21.5. The second-order valence-electron chi connectivity index (χ2n) is 7.48. The van der Waals surface area contributed by atoms with Crippen LogP contribution >= 0.6 is 0 Å². The number of benzene rings is 3. The predicted molar refractivity (Wildman–Crippen MR) is 109 cm³/mol. The maximum atomic E-state index is 13.4. The number of β-lactam (4-membered cyclic amide) rings is 1. The molecule has 1 saturated heterocycles. The number of aliphatic hydroxyl groups is 1. The molecule has 1 amide bonds. The van der Waals surface area contributed by atoms with E-state index in [2.05, 4.69) is 0 Å². The Hall–Kier alpha value is -3.25. The molecule has 0 unspecified atom stereocenters. The summed E-state index contributed by atoms with van der Waals surface area (Å²) in [6.45, 7) is 1.77. The van der Waals surface area contributed by atoms with Crippen LogP contribution in [0.3, 0.4) is 0 Å². The van der Waals surface area contributed by atoms with E-state index in [4.69, 9.17) is 0 Å². The number of phenols is 1. The van der Waals surface area contributed by atoms with Crippen LogP contribution in [0.4, 0.5) is 14.5 Å². The fourth-order valence-electron chi connectivity index (χ4n) is 4.20. The molecule has 2 N–H and O–H groups in total. The number of carbonyl (C=O) groups excluding carboxylic acids is 1. The SMILES string of the molecule is CC[C@@](O)(c1ccc(F)cc1)[C@@H]1C(=O)N(c2ccc(F)cc2)[C@@H]1c1ccc(O)cc1. The molecular formula is C24H21F2NO3. The minimum atomic E-state index is -1.52. The van der Waals surface area contributed by atoms with Crippen molar-refractivity contribution in [2.75, 3.05) is 4.90 Å². The fraction of sp³-hybridized carbons (Fsp3) is 0.208. The molecule has 0 aromatic heterocycles. The van der Waals surface area contributed by atoms with E-state index in [1.807, 2.05) is 0 Å². The van der Waals surface area contributed by atoms with Crippen LogP contribution < -0.4 is 4.90 Å². The molecule has 1 aliphatic heterocycles. The van der Waals surface area contributed by atoms with Gasteiger partial charge in [-0.15, -0.1) is 0 Å². The van der Waals surface area contributed by atoms with Gasteiger partial charge in [0.25, 0.3) is 0 Å². The van der Waals surface area contributed by atoms with Crippen LogP contribution in [0.1, 0.15) is 30.5 Å². The molecule has 3 aromatic carbocycles. The Morgan fingerprint density at radius 3 is 1.97 bits per heavy atom. The Morgan fingerprint density at radius 1 is 0.900 bits per heavy atom. The Kier molecular flexibility index (Phi) is 5.03. The number of anilines is 1. The summed E-state index contributed by atoms with van der Waals surface area (Å²) < 4.78 is 26.8. The minimum Gasteiger partial charge on any atom is -0.508 e. The molecule has 1 fully saturated rings. The van der Waals surface area contributed by atoms with Crippen molar-refractivity contribution in [1.82, 2.24) is 0 Å². The average Bonchev–Trinajstić information content (AvgIpc) is 2.74. The normalized spacial score (nSPS) is 20.5. The highest BCUT2D eigenvalue weighted by Crippen LogP contribution is 2.52. The minimum absolute atomic E-state index is 0.0820. The molecular weight excluding hydrogens is 388 g/mol. The number of carbonyl (C=O) groups is 1. The van der Waals surface area contributed by atoms with Crippen molar-refractivity contribution in [1.29, 1.82) is 0 Å². The zero-order valence-corrected chi connectivity index (χ0v) is 16.3. The summed E-state index contributed by atoms with van der Waals surface area (Å²) >= 11 is 0. The summed E-state index contributed by atoms with van der Waals surface area (Å²) in [5.41, 5.74) is 0.153. The largest absolute Gasteiger partial charge is 0.508 e. The summed E-state index contributed by atoms with van der Waals surface area (Å²) in [4.78, 5) is 14.8. The summed E-state index contributed by atoms with van der Waals surface area (Å²) in [6.07, 6.45) is 0.237. The van der Waals surface area contributed by atoms with Crippen molar-refractivity contribution in [2.45, 2.75) is 25.0 Å². The van der Waals surface area contributed by atoms with Gasteiger partial charge in [0.05, 0.1) is 12.0 Å². The molecule has 4 rings (SSSR count). The zero-order valence-electron chi connectivity index (χ0n) is 16.3. The highest BCUT2D eigenvalue weighted by molar-refractivity contribution is 6.04. The van der Waals surface area contributed by atoms with Crippen LogP contribution in [-0.4, -0.2) is 16.1 Å². The maximum Gasteiger partial charge on any atom is 0.236 e. The van der Waals surface area contributed by atoms with Crippen molar-refractivity contribution in [3.8, 4) is 5.75 Å². The maximum absolute atomic E-state index is 13.4. The van der Waals surface area contributed by atoms with E-state index in [-0.39, 0.29) is 18.1 Å². The number of amides is 1. The number of nitrogens with zero attached hydrogens (tertiary/aromatic N) is 1. The Morgan fingerprint density at radius 2 is 1.43 bits per heavy atom. The Bertz CT molecular complexity index is 1050. The van der Waals surface area contributed by atoms with Crippen LogP contribution in [0.2, 0.25) is 0 Å². The van der Waals surface area contributed by atoms with Gasteiger partial charge in [-0.2, -0.15) is 0 Å². The van der Waals surface area contributed by atoms with Crippen LogP contribution in [-0.2, 0) is 10.4 Å². The number of hydrogen-bond acceptors (Lipinski definition) is 3. The first-order chi connectivity index (χ1) is 14.3. The van der Waals surface area contributed by atoms with E-state index in [9.17, 15) is 23.8 Å². The highest BCUT2D eigenvalue weighted by Gasteiger charge is 2.58. The molecule has 0 aliphatic carbocycles. The van der Waals surface area contributed by atoms with Crippen LogP contribution in [0.5, 0.6) is 5.75 Å². The van der Waals surface area contributed by atoms with E-state index in [1.165, 1.54) is 65.6 Å². The van der Waals surface area contributed by atoms with Gasteiger partial charge in [-0.05, 0) is 66.1 Å². The van der Waals surface area contributed by atoms with E-state index < -0.39 is 29.2 Å². The van der Waals surface area contributed by atoms with Gasteiger partial charge in [0.2, 0.25) is 5.91 Å². The third-order valence-corrected chi connectivity index (χ3v) is 5.83. The second kappa shape index (κ2) is 7.54. The summed E-state index contributed by atoms with van der Waals surface area (Å²) in [5.74, 6) is -1.91. The Labute approximate surface area is 173 Å². The molecule has 4 nitrogen and oxygen atoms in total. The summed E-state index contributed by atoms with van der Waals surface area (Å²) in [7, 11) is 0. The first-order valence-electron chi connectivity index (χ1n) is 9.71. The third-order valence-electron chi connectivity index (χ3n) is 5.83. The lowest BCUT2D eigenvalue weighted by Gasteiger charge is -2.53. The summed E-state index contributed by atoms with van der Waals surface area (Å²) in [5, 5.41) is 21.3. The van der Waals surface area contributed by atoms with Crippen LogP contribution in [0, 0.1) is 17.6 Å². The van der Waals surface area contributed by atoms with Crippen LogP contribution in [0.25, 0.3) is 0 Å². The van der Waals surface area contributed by atoms with E-state index in [1.54, 1.807) is 19.1 Å². The molecule has 1 aliphatic rings. The van der Waals surface area contributed by atoms with Crippen molar-refractivity contribution in [2.24, 2.45) is 5.92 Å². The van der Waals surface area contributed by atoms with Gasteiger partial charge >= 0.3 is 0 Å². The molecule has 6 heteroatoms. The van der Waals surface area contributed by atoms with Gasteiger partial charge in [0, 0.05) is 5.69 Å². The first-order valence-corrected chi connectivity index (χ1v) is 9.71.